The first-order valence-corrected chi connectivity index (χ1v) is 28.5. The first-order chi connectivity index (χ1) is 37.6. The molecule has 0 aromatic rings. The highest BCUT2D eigenvalue weighted by Gasteiger charge is 2.50. The van der Waals surface area contributed by atoms with Crippen LogP contribution in [0, 0.1) is 0 Å². The average Bonchev–Trinajstić information content (AvgIpc) is 3.42. The van der Waals surface area contributed by atoms with Crippen molar-refractivity contribution in [2.75, 3.05) is 13.2 Å². The summed E-state index contributed by atoms with van der Waals surface area (Å²) in [5.41, 5.74) is 0. The van der Waals surface area contributed by atoms with Gasteiger partial charge in [-0.3, -0.25) is 14.4 Å². The third-order valence-corrected chi connectivity index (χ3v) is 11.6. The number of rotatable bonds is 45. The van der Waals surface area contributed by atoms with Crippen molar-refractivity contribution in [3.8, 4) is 0 Å². The van der Waals surface area contributed by atoms with E-state index in [-0.39, 0.29) is 19.3 Å². The van der Waals surface area contributed by atoms with Crippen LogP contribution in [-0.4, -0.2) is 89.2 Å². The molecule has 1 aliphatic heterocycles. The summed E-state index contributed by atoms with van der Waals surface area (Å²) in [7, 11) is 0. The van der Waals surface area contributed by atoms with Crippen LogP contribution in [0.5, 0.6) is 0 Å². The normalized spacial score (nSPS) is 19.2. The molecule has 0 aliphatic carbocycles. The number of unbranched alkanes of at least 4 members (excludes halogenated alkanes) is 6. The van der Waals surface area contributed by atoms with Crippen LogP contribution in [0.2, 0.25) is 0 Å². The zero-order valence-electron chi connectivity index (χ0n) is 46.9. The predicted molar refractivity (Wildman–Crippen MR) is 312 cm³/mol. The van der Waals surface area contributed by atoms with E-state index in [1.54, 1.807) is 6.08 Å². The van der Waals surface area contributed by atoms with Gasteiger partial charge in [-0.1, -0.05) is 204 Å². The third kappa shape index (κ3) is 41.2. The molecule has 6 atom stereocenters. The Balaban J connectivity index is 2.82. The van der Waals surface area contributed by atoms with Crippen LogP contribution in [0.15, 0.2) is 158 Å². The highest BCUT2D eigenvalue weighted by molar-refractivity contribution is 5.74. The molecule has 428 valence electrons. The summed E-state index contributed by atoms with van der Waals surface area (Å²) in [6, 6.07) is 0. The molecule has 0 saturated carbocycles. The number of carboxylic acids is 1. The highest BCUT2D eigenvalue weighted by Crippen LogP contribution is 2.26. The Morgan fingerprint density at radius 3 is 1.36 bits per heavy atom. The number of esters is 3. The van der Waals surface area contributed by atoms with Gasteiger partial charge in [0.05, 0.1) is 13.0 Å². The van der Waals surface area contributed by atoms with Crippen molar-refractivity contribution in [1.82, 2.24) is 0 Å². The van der Waals surface area contributed by atoms with E-state index < -0.39 is 73.9 Å². The van der Waals surface area contributed by atoms with E-state index >= 15 is 0 Å². The minimum Gasteiger partial charge on any atom is -0.479 e. The van der Waals surface area contributed by atoms with E-state index in [2.05, 4.69) is 142 Å². The Kier molecular flexibility index (Phi) is 46.0. The second-order valence-corrected chi connectivity index (χ2v) is 18.5. The number of hydrogen-bond donors (Lipinski definition) is 3. The summed E-state index contributed by atoms with van der Waals surface area (Å²) in [5, 5.41) is 31.4. The molecule has 0 amide bonds. The molecule has 77 heavy (non-hydrogen) atoms. The Morgan fingerprint density at radius 2 is 0.883 bits per heavy atom. The van der Waals surface area contributed by atoms with E-state index in [0.29, 0.717) is 25.7 Å². The number of aliphatic carboxylic acids is 1. The van der Waals surface area contributed by atoms with Crippen LogP contribution >= 0.6 is 0 Å². The van der Waals surface area contributed by atoms with Crippen LogP contribution in [0.3, 0.4) is 0 Å². The number of aliphatic hydroxyl groups excluding tert-OH is 2. The Labute approximate surface area is 463 Å². The number of ether oxygens (including phenoxy) is 5. The van der Waals surface area contributed by atoms with Gasteiger partial charge in [0, 0.05) is 12.8 Å². The lowest BCUT2D eigenvalue weighted by Crippen LogP contribution is -2.61. The van der Waals surface area contributed by atoms with Gasteiger partial charge < -0.3 is 39.0 Å². The predicted octanol–water partition coefficient (Wildman–Crippen LogP) is 14.6. The maximum absolute atomic E-state index is 13.1. The van der Waals surface area contributed by atoms with Crippen LogP contribution in [0.25, 0.3) is 0 Å². The quantitative estimate of drug-likeness (QED) is 0.0228. The van der Waals surface area contributed by atoms with Gasteiger partial charge >= 0.3 is 23.9 Å². The van der Waals surface area contributed by atoms with E-state index in [4.69, 9.17) is 23.7 Å². The molecule has 0 radical (unpaired) electrons. The second kappa shape index (κ2) is 51.1. The lowest BCUT2D eigenvalue weighted by Gasteiger charge is -2.40. The van der Waals surface area contributed by atoms with E-state index in [0.717, 1.165) is 109 Å². The standard InChI is InChI=1S/C65H96O12/c1-4-7-10-13-16-19-22-25-27-28-29-30-32-34-36-39-42-45-48-51-57(66)73-54-56(75-58(67)52-49-46-43-40-38-35-31-26-23-20-17-14-11-8-5-2)55-74-65-63(61(70)60(69)62(77-65)64(71)72)76-59(68)53-50-47-44-41-37-33-24-21-18-15-12-9-6-3/h7-8,10-12,15-17,19-21,24-27,29-31,34,36,38,40,42,45-46,49,56,60-63,65,69-70H,4-6,9,13-14,18,22-23,28,32-33,35,37,39,41,43-44,47-48,50-55H2,1-3H3,(H,71,72)/b10-7-,11-8-,15-12-,19-16-,20-17-,24-21-,27-25-,30-29-,31-26-,36-34-,40-38-,45-42-,49-46-. The van der Waals surface area contributed by atoms with Crippen LogP contribution in [0.4, 0.5) is 0 Å². The van der Waals surface area contributed by atoms with Crippen molar-refractivity contribution in [3.63, 3.8) is 0 Å². The van der Waals surface area contributed by atoms with Gasteiger partial charge in [-0.25, -0.2) is 4.79 Å². The molecule has 0 aromatic heterocycles. The topological polar surface area (TPSA) is 175 Å². The summed E-state index contributed by atoms with van der Waals surface area (Å²) < 4.78 is 28.1. The van der Waals surface area contributed by atoms with Crippen molar-refractivity contribution in [2.45, 2.75) is 212 Å². The molecule has 12 nitrogen and oxygen atoms in total. The van der Waals surface area contributed by atoms with Crippen molar-refractivity contribution >= 4 is 23.9 Å². The SMILES string of the molecule is CC/C=C\C/C=C\C/C=C\C/C=C\C/C=C\C/C=C\CCC(=O)OCC(COC1OC(C(=O)O)C(O)C(O)C1OC(=O)CCCCCCC/C=C\C/C=C\CCC)OC(=O)C/C=C\C/C=C\C/C=C\C/C=C\C/C=C\CC. The Bertz CT molecular complexity index is 1940. The fraction of sp³-hybridized carbons (Fsp3) is 0.538. The van der Waals surface area contributed by atoms with Gasteiger partial charge in [0.1, 0.15) is 18.8 Å². The molecule has 3 N–H and O–H groups in total. The minimum atomic E-state index is -1.94. The number of carbonyl (C=O) groups is 4. The first kappa shape index (κ1) is 69.4. The maximum atomic E-state index is 13.1. The fourth-order valence-electron chi connectivity index (χ4n) is 7.33. The highest BCUT2D eigenvalue weighted by atomic mass is 16.7. The van der Waals surface area contributed by atoms with Crippen molar-refractivity contribution in [2.24, 2.45) is 0 Å². The number of allylic oxidation sites excluding steroid dienone is 25. The minimum absolute atomic E-state index is 0.0168. The molecule has 0 bridgehead atoms. The van der Waals surface area contributed by atoms with Gasteiger partial charge in [-0.15, -0.1) is 0 Å². The Hall–Kier alpha value is -5.66. The molecule has 1 aliphatic rings. The van der Waals surface area contributed by atoms with Crippen LogP contribution < -0.4 is 0 Å². The largest absolute Gasteiger partial charge is 0.479 e. The van der Waals surface area contributed by atoms with Crippen LogP contribution in [0.1, 0.15) is 175 Å². The third-order valence-electron chi connectivity index (χ3n) is 11.6. The van der Waals surface area contributed by atoms with E-state index in [9.17, 15) is 34.5 Å². The van der Waals surface area contributed by atoms with Gasteiger partial charge in [0.25, 0.3) is 0 Å². The zero-order valence-corrected chi connectivity index (χ0v) is 46.9. The summed E-state index contributed by atoms with van der Waals surface area (Å²) in [4.78, 5) is 51.0. The summed E-state index contributed by atoms with van der Waals surface area (Å²) in [6.45, 7) is 5.51. The monoisotopic (exact) mass is 1070 g/mol. The molecule has 0 spiro atoms. The molecule has 0 aromatic carbocycles. The van der Waals surface area contributed by atoms with Crippen molar-refractivity contribution < 1.29 is 58.2 Å². The molecule has 1 saturated heterocycles. The number of carboxylic acid groups (broad SMARTS) is 1. The van der Waals surface area contributed by atoms with E-state index in [1.807, 2.05) is 30.4 Å². The zero-order chi connectivity index (χ0) is 56.1. The molecular weight excluding hydrogens is 973 g/mol. The van der Waals surface area contributed by atoms with Crippen LogP contribution in [-0.2, 0) is 42.9 Å². The summed E-state index contributed by atoms with van der Waals surface area (Å²) >= 11 is 0. The van der Waals surface area contributed by atoms with Crippen molar-refractivity contribution in [1.29, 1.82) is 0 Å². The fourth-order valence-corrected chi connectivity index (χ4v) is 7.33. The molecule has 1 rings (SSSR count). The lowest BCUT2D eigenvalue weighted by atomic mass is 9.98. The van der Waals surface area contributed by atoms with Gasteiger partial charge in [0.2, 0.25) is 0 Å². The van der Waals surface area contributed by atoms with E-state index in [1.165, 1.54) is 0 Å². The first-order valence-electron chi connectivity index (χ1n) is 28.5. The van der Waals surface area contributed by atoms with Gasteiger partial charge in [-0.2, -0.15) is 0 Å². The van der Waals surface area contributed by atoms with Gasteiger partial charge in [0.15, 0.2) is 24.6 Å². The number of carbonyl (C=O) groups excluding carboxylic acids is 3. The molecule has 1 heterocycles. The molecule has 12 heteroatoms. The number of aliphatic hydroxyl groups is 2. The van der Waals surface area contributed by atoms with Gasteiger partial charge in [-0.05, 0) is 109 Å². The average molecular weight is 1070 g/mol. The molecular formula is C65H96O12. The Morgan fingerprint density at radius 1 is 0.455 bits per heavy atom. The number of hydrogen-bond acceptors (Lipinski definition) is 11. The van der Waals surface area contributed by atoms with Crippen molar-refractivity contribution in [3.05, 3.63) is 158 Å². The lowest BCUT2D eigenvalue weighted by molar-refractivity contribution is -0.301. The molecule has 6 unspecified atom stereocenters. The smallest absolute Gasteiger partial charge is 0.335 e. The summed E-state index contributed by atoms with van der Waals surface area (Å²) in [6.07, 6.45) is 62.6. The molecule has 1 fully saturated rings. The second-order valence-electron chi connectivity index (χ2n) is 18.5. The summed E-state index contributed by atoms with van der Waals surface area (Å²) in [5.74, 6) is -3.45. The maximum Gasteiger partial charge on any atom is 0.335 e.